The van der Waals surface area contributed by atoms with E-state index in [1.165, 1.54) is 11.1 Å². The highest BCUT2D eigenvalue weighted by Crippen LogP contribution is 2.35. The number of rotatable bonds is 9. The highest BCUT2D eigenvalue weighted by atomic mass is 35.5. The molecule has 5 heteroatoms. The third-order valence-electron chi connectivity index (χ3n) is 6.60. The predicted octanol–water partition coefficient (Wildman–Crippen LogP) is 5.56. The van der Waals surface area contributed by atoms with Gasteiger partial charge in [-0.3, -0.25) is 4.79 Å². The quantitative estimate of drug-likeness (QED) is 0.500. The average Bonchev–Trinajstić information content (AvgIpc) is 2.81. The first-order valence-electron chi connectivity index (χ1n) is 11.5. The molecule has 2 N–H and O–H groups in total. The van der Waals surface area contributed by atoms with Gasteiger partial charge in [-0.2, -0.15) is 0 Å². The monoisotopic (exact) mass is 442 g/mol. The van der Waals surface area contributed by atoms with E-state index >= 15 is 0 Å². The standard InChI is InChI=1S/C26H35ClN2O2/c1-19(28-17-3-4-18-30)20-5-7-21(8-6-20)22-11-15-25(16-12-22)29(2)26(31)23-9-13-24(27)14-10-23/h5-10,13-14,19,22,25,28,30H,3-4,11-12,15-18H2,1-2H3/t19?,22-,25-. The maximum atomic E-state index is 12.8. The molecule has 1 atom stereocenters. The normalized spacial score (nSPS) is 19.7. The van der Waals surface area contributed by atoms with E-state index in [0.29, 0.717) is 28.6 Å². The van der Waals surface area contributed by atoms with E-state index in [4.69, 9.17) is 16.7 Å². The van der Waals surface area contributed by atoms with Crippen molar-refractivity contribution in [2.45, 2.75) is 63.5 Å². The zero-order valence-electron chi connectivity index (χ0n) is 18.7. The minimum Gasteiger partial charge on any atom is -0.396 e. The molecule has 0 aliphatic heterocycles. The van der Waals surface area contributed by atoms with E-state index in [0.717, 1.165) is 45.1 Å². The predicted molar refractivity (Wildman–Crippen MR) is 128 cm³/mol. The fourth-order valence-corrected chi connectivity index (χ4v) is 4.61. The zero-order chi connectivity index (χ0) is 22.2. The van der Waals surface area contributed by atoms with Gasteiger partial charge in [0.25, 0.3) is 5.91 Å². The van der Waals surface area contributed by atoms with Crippen LogP contribution in [0.1, 0.15) is 78.9 Å². The number of nitrogens with zero attached hydrogens (tertiary/aromatic N) is 1. The van der Waals surface area contributed by atoms with Crippen LogP contribution < -0.4 is 5.32 Å². The van der Waals surface area contributed by atoms with E-state index in [-0.39, 0.29) is 12.5 Å². The van der Waals surface area contributed by atoms with Gasteiger partial charge in [0.15, 0.2) is 0 Å². The van der Waals surface area contributed by atoms with Crippen molar-refractivity contribution in [1.29, 1.82) is 0 Å². The van der Waals surface area contributed by atoms with Crippen molar-refractivity contribution in [3.8, 4) is 0 Å². The summed E-state index contributed by atoms with van der Waals surface area (Å²) in [4.78, 5) is 14.7. The summed E-state index contributed by atoms with van der Waals surface area (Å²) in [7, 11) is 1.92. The maximum Gasteiger partial charge on any atom is 0.253 e. The van der Waals surface area contributed by atoms with Crippen molar-refractivity contribution in [1.82, 2.24) is 10.2 Å². The Bertz CT molecular complexity index is 814. The molecule has 1 amide bonds. The topological polar surface area (TPSA) is 52.6 Å². The van der Waals surface area contributed by atoms with Gasteiger partial charge in [-0.25, -0.2) is 0 Å². The minimum absolute atomic E-state index is 0.0740. The molecule has 0 spiro atoms. The SMILES string of the molecule is CC(NCCCCO)c1ccc([C@H]2CC[C@H](N(C)C(=O)c3ccc(Cl)cc3)CC2)cc1. The molecule has 0 radical (unpaired) electrons. The van der Waals surface area contributed by atoms with Gasteiger partial charge in [-0.1, -0.05) is 35.9 Å². The van der Waals surface area contributed by atoms with Crippen LogP contribution in [0.4, 0.5) is 0 Å². The number of benzene rings is 2. The van der Waals surface area contributed by atoms with Gasteiger partial charge in [0.2, 0.25) is 0 Å². The van der Waals surface area contributed by atoms with Gasteiger partial charge < -0.3 is 15.3 Å². The summed E-state index contributed by atoms with van der Waals surface area (Å²) in [5, 5.41) is 13.1. The molecule has 0 saturated heterocycles. The van der Waals surface area contributed by atoms with E-state index in [1.807, 2.05) is 11.9 Å². The maximum absolute atomic E-state index is 12.8. The fourth-order valence-electron chi connectivity index (χ4n) is 4.49. The van der Waals surface area contributed by atoms with Gasteiger partial charge in [-0.15, -0.1) is 0 Å². The first-order valence-corrected chi connectivity index (χ1v) is 11.8. The van der Waals surface area contributed by atoms with Crippen molar-refractivity contribution >= 4 is 17.5 Å². The third-order valence-corrected chi connectivity index (χ3v) is 6.85. The Morgan fingerprint density at radius 2 is 1.71 bits per heavy atom. The number of amides is 1. The molecular formula is C26H35ClN2O2. The molecule has 0 bridgehead atoms. The lowest BCUT2D eigenvalue weighted by Crippen LogP contribution is -2.39. The molecule has 31 heavy (non-hydrogen) atoms. The number of hydrogen-bond acceptors (Lipinski definition) is 3. The fraction of sp³-hybridized carbons (Fsp3) is 0.500. The van der Waals surface area contributed by atoms with E-state index < -0.39 is 0 Å². The number of carbonyl (C=O) groups is 1. The van der Waals surface area contributed by atoms with E-state index in [9.17, 15) is 4.79 Å². The van der Waals surface area contributed by atoms with Gasteiger partial charge >= 0.3 is 0 Å². The summed E-state index contributed by atoms with van der Waals surface area (Å²) in [6.45, 7) is 3.38. The van der Waals surface area contributed by atoms with Gasteiger partial charge in [0.05, 0.1) is 0 Å². The number of aliphatic hydroxyl groups excluding tert-OH is 1. The number of aliphatic hydroxyl groups is 1. The number of halogens is 1. The second-order valence-electron chi connectivity index (χ2n) is 8.70. The van der Waals surface area contributed by atoms with Gasteiger partial charge in [0.1, 0.15) is 0 Å². The first kappa shape index (κ1) is 23.8. The average molecular weight is 443 g/mol. The summed E-state index contributed by atoms with van der Waals surface area (Å²) in [5.41, 5.74) is 3.40. The molecule has 1 aliphatic rings. The third kappa shape index (κ3) is 6.55. The Hall–Kier alpha value is -1.88. The molecule has 3 rings (SSSR count). The van der Waals surface area contributed by atoms with Crippen LogP contribution >= 0.6 is 11.6 Å². The molecule has 1 unspecified atom stereocenters. The van der Waals surface area contributed by atoms with Gasteiger partial charge in [0, 0.05) is 36.3 Å². The molecular weight excluding hydrogens is 408 g/mol. The van der Waals surface area contributed by atoms with Crippen LogP contribution in [-0.2, 0) is 0 Å². The van der Waals surface area contributed by atoms with Crippen LogP contribution in [0.2, 0.25) is 5.02 Å². The molecule has 1 aliphatic carbocycles. The largest absolute Gasteiger partial charge is 0.396 e. The highest BCUT2D eigenvalue weighted by molar-refractivity contribution is 6.30. The molecule has 4 nitrogen and oxygen atoms in total. The van der Waals surface area contributed by atoms with Crippen LogP contribution in [-0.4, -0.2) is 42.2 Å². The molecule has 0 aromatic heterocycles. The zero-order valence-corrected chi connectivity index (χ0v) is 19.4. The highest BCUT2D eigenvalue weighted by Gasteiger charge is 2.27. The minimum atomic E-state index is 0.0740. The summed E-state index contributed by atoms with van der Waals surface area (Å²) in [6.07, 6.45) is 6.13. The van der Waals surface area contributed by atoms with Crippen molar-refractivity contribution in [3.63, 3.8) is 0 Å². The number of nitrogens with one attached hydrogen (secondary N) is 1. The van der Waals surface area contributed by atoms with E-state index in [1.54, 1.807) is 24.3 Å². The Morgan fingerprint density at radius 3 is 2.32 bits per heavy atom. The van der Waals surface area contributed by atoms with Crippen LogP contribution in [0.3, 0.4) is 0 Å². The Balaban J connectivity index is 1.49. The van der Waals surface area contributed by atoms with Gasteiger partial charge in [-0.05, 0) is 93.3 Å². The van der Waals surface area contributed by atoms with Crippen molar-refractivity contribution in [2.75, 3.05) is 20.2 Å². The lowest BCUT2D eigenvalue weighted by Gasteiger charge is -2.35. The van der Waals surface area contributed by atoms with Crippen LogP contribution in [0, 0.1) is 0 Å². The number of unbranched alkanes of at least 4 members (excludes halogenated alkanes) is 1. The second-order valence-corrected chi connectivity index (χ2v) is 9.14. The van der Waals surface area contributed by atoms with Crippen molar-refractivity contribution < 1.29 is 9.90 Å². The Morgan fingerprint density at radius 1 is 1.06 bits per heavy atom. The summed E-state index contributed by atoms with van der Waals surface area (Å²) in [6, 6.07) is 16.8. The first-order chi connectivity index (χ1) is 15.0. The molecule has 0 heterocycles. The van der Waals surface area contributed by atoms with Crippen molar-refractivity contribution in [3.05, 3.63) is 70.2 Å². The molecule has 2 aromatic carbocycles. The van der Waals surface area contributed by atoms with Crippen molar-refractivity contribution in [2.24, 2.45) is 0 Å². The Labute approximate surface area is 191 Å². The Kier molecular flexibility index (Phi) is 8.94. The van der Waals surface area contributed by atoms with Crippen LogP contribution in [0.25, 0.3) is 0 Å². The lowest BCUT2D eigenvalue weighted by atomic mass is 9.81. The van der Waals surface area contributed by atoms with E-state index in [2.05, 4.69) is 36.5 Å². The molecule has 1 fully saturated rings. The van der Waals surface area contributed by atoms with Crippen LogP contribution in [0.5, 0.6) is 0 Å². The molecule has 2 aromatic rings. The number of carbonyl (C=O) groups excluding carboxylic acids is 1. The lowest BCUT2D eigenvalue weighted by molar-refractivity contribution is 0.0689. The van der Waals surface area contributed by atoms with Crippen LogP contribution in [0.15, 0.2) is 48.5 Å². The summed E-state index contributed by atoms with van der Waals surface area (Å²) < 4.78 is 0. The molecule has 168 valence electrons. The smallest absolute Gasteiger partial charge is 0.253 e. The summed E-state index contributed by atoms with van der Waals surface area (Å²) >= 11 is 5.94. The molecule has 1 saturated carbocycles. The number of hydrogen-bond donors (Lipinski definition) is 2. The summed E-state index contributed by atoms with van der Waals surface area (Å²) in [5.74, 6) is 0.641. The second kappa shape index (κ2) is 11.7.